The minimum atomic E-state index is -0.478. The molecule has 1 aromatic carbocycles. The third-order valence-electron chi connectivity index (χ3n) is 4.84. The second-order valence-corrected chi connectivity index (χ2v) is 8.00. The Kier molecular flexibility index (Phi) is 6.62. The van der Waals surface area contributed by atoms with E-state index in [1.165, 1.54) is 0 Å². The van der Waals surface area contributed by atoms with Gasteiger partial charge in [-0.1, -0.05) is 43.7 Å². The Hall–Kier alpha value is -2.47. The van der Waals surface area contributed by atoms with E-state index in [0.717, 1.165) is 36.3 Å². The van der Waals surface area contributed by atoms with Gasteiger partial charge in [0.2, 0.25) is 0 Å². The highest BCUT2D eigenvalue weighted by atomic mass is 16.5. The van der Waals surface area contributed by atoms with Crippen LogP contribution >= 0.6 is 0 Å². The molecule has 1 aliphatic rings. The molecule has 28 heavy (non-hydrogen) atoms. The number of carbonyl (C=O) groups excluding carboxylic acids is 1. The minimum Gasteiger partial charge on any atom is -0.376 e. The zero-order valence-corrected chi connectivity index (χ0v) is 16.9. The van der Waals surface area contributed by atoms with Gasteiger partial charge in [-0.05, 0) is 43.7 Å². The topological polar surface area (TPSA) is 75.3 Å². The normalized spacial score (nSPS) is 16.5. The summed E-state index contributed by atoms with van der Waals surface area (Å²) in [5.74, 6) is 0.143. The fourth-order valence-electron chi connectivity index (χ4n) is 3.61. The van der Waals surface area contributed by atoms with Crippen molar-refractivity contribution >= 4 is 5.91 Å². The van der Waals surface area contributed by atoms with Crippen LogP contribution < -0.4 is 5.69 Å². The van der Waals surface area contributed by atoms with E-state index in [1.807, 2.05) is 25.1 Å². The van der Waals surface area contributed by atoms with Crippen LogP contribution in [0.4, 0.5) is 0 Å². The maximum atomic E-state index is 13.3. The number of H-pyrrole nitrogens is 1. The van der Waals surface area contributed by atoms with E-state index < -0.39 is 5.69 Å². The number of aromatic amines is 1. The van der Waals surface area contributed by atoms with Gasteiger partial charge in [-0.15, -0.1) is 0 Å². The number of nitrogens with one attached hydrogen (secondary N) is 1. The quantitative estimate of drug-likeness (QED) is 0.797. The number of amides is 1. The summed E-state index contributed by atoms with van der Waals surface area (Å²) in [5.41, 5.74) is 2.67. The number of hydrogen-bond acceptors (Lipinski definition) is 4. The molecule has 1 aromatic heterocycles. The third kappa shape index (κ3) is 5.52. The lowest BCUT2D eigenvalue weighted by molar-refractivity contribution is 0.0502. The maximum Gasteiger partial charge on any atom is 0.345 e. The number of nitrogens with zero attached hydrogens (tertiary/aromatic N) is 2. The molecule has 1 atom stereocenters. The number of aromatic nitrogens is 2. The number of rotatable bonds is 7. The van der Waals surface area contributed by atoms with Crippen molar-refractivity contribution in [3.8, 4) is 0 Å². The molecule has 0 bridgehead atoms. The number of carbonyl (C=O) groups is 1. The molecule has 0 aliphatic carbocycles. The van der Waals surface area contributed by atoms with Crippen molar-refractivity contribution in [3.05, 3.63) is 63.3 Å². The zero-order chi connectivity index (χ0) is 20.1. The SMILES string of the molecule is Cc1cccc(CN(CC2CCCO2)C(=O)c2cc(CC(C)C)[nH]c(=O)n2)c1. The first-order valence-electron chi connectivity index (χ1n) is 9.97. The van der Waals surface area contributed by atoms with Crippen LogP contribution in [0.3, 0.4) is 0 Å². The highest BCUT2D eigenvalue weighted by Gasteiger charge is 2.25. The van der Waals surface area contributed by atoms with E-state index in [9.17, 15) is 9.59 Å². The standard InChI is InChI=1S/C22H29N3O3/c1-15(2)10-18-12-20(24-22(27)23-18)21(26)25(14-19-8-5-9-28-19)13-17-7-4-6-16(3)11-17/h4,6-7,11-12,15,19H,5,8-10,13-14H2,1-3H3,(H,23,24,27). The Morgan fingerprint density at radius 2 is 2.18 bits per heavy atom. The lowest BCUT2D eigenvalue weighted by atomic mass is 10.1. The molecular formula is C22H29N3O3. The molecule has 0 radical (unpaired) electrons. The van der Waals surface area contributed by atoms with Crippen molar-refractivity contribution in [2.45, 2.75) is 52.7 Å². The zero-order valence-electron chi connectivity index (χ0n) is 16.9. The molecule has 150 valence electrons. The van der Waals surface area contributed by atoms with Crippen molar-refractivity contribution in [1.82, 2.24) is 14.9 Å². The molecule has 2 heterocycles. The number of ether oxygens (including phenoxy) is 1. The molecule has 0 spiro atoms. The number of hydrogen-bond donors (Lipinski definition) is 1. The second kappa shape index (κ2) is 9.15. The first kappa shape index (κ1) is 20.3. The van der Waals surface area contributed by atoms with Crippen LogP contribution in [0.15, 0.2) is 35.1 Å². The van der Waals surface area contributed by atoms with Gasteiger partial charge in [0, 0.05) is 25.4 Å². The van der Waals surface area contributed by atoms with Gasteiger partial charge in [-0.25, -0.2) is 4.79 Å². The van der Waals surface area contributed by atoms with E-state index in [1.54, 1.807) is 11.0 Å². The summed E-state index contributed by atoms with van der Waals surface area (Å²) in [6.45, 7) is 7.88. The Morgan fingerprint density at radius 3 is 2.86 bits per heavy atom. The molecule has 0 saturated carbocycles. The predicted molar refractivity (Wildman–Crippen MR) is 108 cm³/mol. The monoisotopic (exact) mass is 383 g/mol. The summed E-state index contributed by atoms with van der Waals surface area (Å²) in [6, 6.07) is 9.82. The van der Waals surface area contributed by atoms with Crippen LogP contribution in [0.25, 0.3) is 0 Å². The van der Waals surface area contributed by atoms with Crippen LogP contribution in [-0.2, 0) is 17.7 Å². The lowest BCUT2D eigenvalue weighted by Gasteiger charge is -2.25. The van der Waals surface area contributed by atoms with E-state index in [4.69, 9.17) is 4.74 Å². The van der Waals surface area contributed by atoms with E-state index in [0.29, 0.717) is 25.4 Å². The highest BCUT2D eigenvalue weighted by molar-refractivity contribution is 5.92. The van der Waals surface area contributed by atoms with Gasteiger partial charge in [0.05, 0.1) is 6.10 Å². The maximum absolute atomic E-state index is 13.3. The van der Waals surface area contributed by atoms with Crippen molar-refractivity contribution in [2.24, 2.45) is 5.92 Å². The number of aryl methyl sites for hydroxylation is 1. The van der Waals surface area contributed by atoms with E-state index in [2.05, 4.69) is 29.9 Å². The van der Waals surface area contributed by atoms with Crippen LogP contribution in [0.1, 0.15) is 54.0 Å². The average molecular weight is 383 g/mol. The van der Waals surface area contributed by atoms with E-state index >= 15 is 0 Å². The molecule has 2 aromatic rings. The third-order valence-corrected chi connectivity index (χ3v) is 4.84. The fraction of sp³-hybridized carbons (Fsp3) is 0.500. The van der Waals surface area contributed by atoms with Crippen LogP contribution in [0.2, 0.25) is 0 Å². The van der Waals surface area contributed by atoms with Gasteiger partial charge in [-0.2, -0.15) is 4.98 Å². The molecule has 1 saturated heterocycles. The summed E-state index contributed by atoms with van der Waals surface area (Å²) in [6.07, 6.45) is 2.69. The first-order chi connectivity index (χ1) is 13.4. The van der Waals surface area contributed by atoms with Crippen LogP contribution in [0.5, 0.6) is 0 Å². The molecule has 3 rings (SSSR count). The second-order valence-electron chi connectivity index (χ2n) is 8.00. The van der Waals surface area contributed by atoms with Gasteiger partial charge in [0.15, 0.2) is 0 Å². The number of benzene rings is 1. The van der Waals surface area contributed by atoms with Crippen molar-refractivity contribution in [3.63, 3.8) is 0 Å². The molecule has 6 heteroatoms. The first-order valence-corrected chi connectivity index (χ1v) is 9.97. The summed E-state index contributed by atoms with van der Waals surface area (Å²) in [5, 5.41) is 0. The molecule has 1 fully saturated rings. The van der Waals surface area contributed by atoms with Gasteiger partial charge in [-0.3, -0.25) is 4.79 Å². The predicted octanol–water partition coefficient (Wildman–Crippen LogP) is 3.10. The minimum absolute atomic E-state index is 0.0332. The van der Waals surface area contributed by atoms with Gasteiger partial charge >= 0.3 is 5.69 Å². The Bertz CT molecular complexity index is 869. The Morgan fingerprint density at radius 1 is 1.36 bits per heavy atom. The van der Waals surface area contributed by atoms with Gasteiger partial charge in [0.1, 0.15) is 5.69 Å². The largest absolute Gasteiger partial charge is 0.376 e. The van der Waals surface area contributed by atoms with Crippen molar-refractivity contribution < 1.29 is 9.53 Å². The smallest absolute Gasteiger partial charge is 0.345 e. The molecule has 1 amide bonds. The Balaban J connectivity index is 1.86. The molecule has 1 aliphatic heterocycles. The van der Waals surface area contributed by atoms with Gasteiger partial charge < -0.3 is 14.6 Å². The summed E-state index contributed by atoms with van der Waals surface area (Å²) in [7, 11) is 0. The molecule has 1 unspecified atom stereocenters. The molecule has 6 nitrogen and oxygen atoms in total. The summed E-state index contributed by atoms with van der Waals surface area (Å²) < 4.78 is 5.75. The van der Waals surface area contributed by atoms with Crippen molar-refractivity contribution in [2.75, 3.05) is 13.2 Å². The van der Waals surface area contributed by atoms with E-state index in [-0.39, 0.29) is 17.7 Å². The highest BCUT2D eigenvalue weighted by Crippen LogP contribution is 2.17. The average Bonchev–Trinajstić information content (AvgIpc) is 3.12. The summed E-state index contributed by atoms with van der Waals surface area (Å²) in [4.78, 5) is 33.7. The molecule has 1 N–H and O–H groups in total. The van der Waals surface area contributed by atoms with Crippen LogP contribution in [0, 0.1) is 12.8 Å². The fourth-order valence-corrected chi connectivity index (χ4v) is 3.61. The lowest BCUT2D eigenvalue weighted by Crippen LogP contribution is -2.38. The Labute approximate surface area is 165 Å². The van der Waals surface area contributed by atoms with Crippen molar-refractivity contribution in [1.29, 1.82) is 0 Å². The molecular weight excluding hydrogens is 354 g/mol. The van der Waals surface area contributed by atoms with Gasteiger partial charge in [0.25, 0.3) is 5.91 Å². The summed E-state index contributed by atoms with van der Waals surface area (Å²) >= 11 is 0. The van der Waals surface area contributed by atoms with Crippen LogP contribution in [-0.4, -0.2) is 40.0 Å².